The molecule has 0 saturated heterocycles. The predicted octanol–water partition coefficient (Wildman–Crippen LogP) is 3.10. The molecule has 2 N–H and O–H groups in total. The Balaban J connectivity index is -0.0000000179. The average Bonchev–Trinajstić information content (AvgIpc) is 2.04. The number of aliphatic hydroxyl groups excluding tert-OH is 2. The molecule has 0 fully saturated rings. The second-order valence-electron chi connectivity index (χ2n) is 1.47. The summed E-state index contributed by atoms with van der Waals surface area (Å²) < 4.78 is 8.24. The summed E-state index contributed by atoms with van der Waals surface area (Å²) in [5.41, 5.74) is 0. The molecule has 0 bridgehead atoms. The molecule has 128 valence electrons. The van der Waals surface area contributed by atoms with Crippen molar-refractivity contribution in [3.63, 3.8) is 0 Å². The lowest BCUT2D eigenvalue weighted by atomic mass is 10.7. The molecule has 0 unspecified atom stereocenters. The zero-order valence-corrected chi connectivity index (χ0v) is 5.65. The predicted molar refractivity (Wildman–Crippen MR) is 85.1 cm³/mol. The van der Waals surface area contributed by atoms with E-state index in [0.29, 0.717) is 0 Å². The average molecular weight is 292 g/mol. The van der Waals surface area contributed by atoms with Crippen molar-refractivity contribution >= 4 is 11.9 Å². The summed E-state index contributed by atoms with van der Waals surface area (Å²) in [6.07, 6.45) is 0. The minimum absolute atomic E-state index is 0. The molecule has 0 aliphatic carbocycles. The van der Waals surface area contributed by atoms with Gasteiger partial charge in [-0.1, -0.05) is 59.4 Å². The third-order valence-electron chi connectivity index (χ3n) is 0.698. The standard InChI is InChI=1S/C5H8O6.8CH4/c6-1-4(8)10-3-11-5(9)2-7;;;;;;;;/h6-7H,1-3H2;8*1H4. The molecule has 0 spiro atoms. The number of esters is 2. The Kier molecular flexibility index (Phi) is 148. The molecule has 19 heavy (non-hydrogen) atoms. The Morgan fingerprint density at radius 3 is 1.00 bits per heavy atom. The smallest absolute Gasteiger partial charge is 0.334 e. The van der Waals surface area contributed by atoms with Gasteiger partial charge in [0, 0.05) is 0 Å². The van der Waals surface area contributed by atoms with Crippen LogP contribution in [0.1, 0.15) is 59.4 Å². The van der Waals surface area contributed by atoms with Crippen LogP contribution in [0.2, 0.25) is 0 Å². The number of rotatable bonds is 4. The van der Waals surface area contributed by atoms with Gasteiger partial charge in [-0.3, -0.25) is 0 Å². The molecule has 0 rings (SSSR count). The van der Waals surface area contributed by atoms with E-state index in [0.717, 1.165) is 0 Å². The first-order chi connectivity index (χ1) is 5.20. The van der Waals surface area contributed by atoms with Gasteiger partial charge in [0.05, 0.1) is 0 Å². The highest BCUT2D eigenvalue weighted by Gasteiger charge is 2.02. The Labute approximate surface area is 121 Å². The fraction of sp³-hybridized carbons (Fsp3) is 0.846. The SMILES string of the molecule is C.C.C.C.C.C.C.C.O=C(CO)OCOC(=O)CO. The van der Waals surface area contributed by atoms with Crippen LogP contribution >= 0.6 is 0 Å². The summed E-state index contributed by atoms with van der Waals surface area (Å²) in [5.74, 6) is -1.79. The van der Waals surface area contributed by atoms with Crippen molar-refractivity contribution in [2.45, 2.75) is 59.4 Å². The summed E-state index contributed by atoms with van der Waals surface area (Å²) in [4.78, 5) is 20.3. The second kappa shape index (κ2) is 43.6. The Morgan fingerprint density at radius 2 is 0.842 bits per heavy atom. The fourth-order valence-corrected chi connectivity index (χ4v) is 0.252. The lowest BCUT2D eigenvalue weighted by molar-refractivity contribution is -0.170. The van der Waals surface area contributed by atoms with Crippen LogP contribution in [0.15, 0.2) is 0 Å². The van der Waals surface area contributed by atoms with E-state index >= 15 is 0 Å². The number of aliphatic hydroxyl groups is 2. The lowest BCUT2D eigenvalue weighted by Crippen LogP contribution is -2.16. The van der Waals surface area contributed by atoms with E-state index in [-0.39, 0.29) is 59.4 Å². The van der Waals surface area contributed by atoms with E-state index in [2.05, 4.69) is 9.47 Å². The van der Waals surface area contributed by atoms with Crippen molar-refractivity contribution in [1.29, 1.82) is 0 Å². The van der Waals surface area contributed by atoms with Crippen molar-refractivity contribution in [3.05, 3.63) is 0 Å². The molecule has 6 heteroatoms. The van der Waals surface area contributed by atoms with Crippen molar-refractivity contribution in [1.82, 2.24) is 0 Å². The van der Waals surface area contributed by atoms with E-state index in [4.69, 9.17) is 10.2 Å². The largest absolute Gasteiger partial charge is 0.426 e. The maximum atomic E-state index is 10.2. The Hall–Kier alpha value is -1.14. The highest BCUT2D eigenvalue weighted by atomic mass is 16.7. The highest BCUT2D eigenvalue weighted by molar-refractivity contribution is 5.71. The summed E-state index contributed by atoms with van der Waals surface area (Å²) in [6, 6.07) is 0. The molecular formula is C13H40O6. The highest BCUT2D eigenvalue weighted by Crippen LogP contribution is 1.80. The van der Waals surface area contributed by atoms with Crippen molar-refractivity contribution in [3.8, 4) is 0 Å². The van der Waals surface area contributed by atoms with E-state index in [1.807, 2.05) is 0 Å². The Morgan fingerprint density at radius 1 is 0.632 bits per heavy atom. The molecule has 0 heterocycles. The van der Waals surface area contributed by atoms with Crippen LogP contribution in [-0.2, 0) is 19.1 Å². The van der Waals surface area contributed by atoms with Crippen molar-refractivity contribution < 1.29 is 29.3 Å². The van der Waals surface area contributed by atoms with Crippen LogP contribution in [0.3, 0.4) is 0 Å². The summed E-state index contributed by atoms with van der Waals surface area (Å²) in [6.45, 7) is -2.12. The lowest BCUT2D eigenvalue weighted by Gasteiger charge is -2.02. The van der Waals surface area contributed by atoms with Gasteiger partial charge in [-0.2, -0.15) is 0 Å². The van der Waals surface area contributed by atoms with Gasteiger partial charge in [0.1, 0.15) is 13.2 Å². The van der Waals surface area contributed by atoms with Crippen LogP contribution in [0.25, 0.3) is 0 Å². The van der Waals surface area contributed by atoms with E-state index in [1.54, 1.807) is 0 Å². The first kappa shape index (κ1) is 64.7. The zero-order chi connectivity index (χ0) is 8.69. The minimum atomic E-state index is -0.893. The van der Waals surface area contributed by atoms with Gasteiger partial charge in [-0.15, -0.1) is 0 Å². The van der Waals surface area contributed by atoms with Gasteiger partial charge < -0.3 is 19.7 Å². The molecule has 0 radical (unpaired) electrons. The van der Waals surface area contributed by atoms with Crippen LogP contribution in [0.5, 0.6) is 0 Å². The van der Waals surface area contributed by atoms with E-state index in [9.17, 15) is 9.59 Å². The number of carbonyl (C=O) groups is 2. The summed E-state index contributed by atoms with van der Waals surface area (Å²) in [5, 5.41) is 16.2. The third-order valence-corrected chi connectivity index (χ3v) is 0.698. The number of hydrogen-bond acceptors (Lipinski definition) is 6. The van der Waals surface area contributed by atoms with Gasteiger partial charge in [0.15, 0.2) is 0 Å². The molecule has 0 atom stereocenters. The molecule has 0 amide bonds. The molecule has 0 aromatic rings. The van der Waals surface area contributed by atoms with Crippen LogP contribution in [-0.4, -0.2) is 42.2 Å². The van der Waals surface area contributed by atoms with Gasteiger partial charge in [-0.25, -0.2) is 9.59 Å². The topological polar surface area (TPSA) is 93.1 Å². The molecule has 0 aromatic heterocycles. The second-order valence-corrected chi connectivity index (χ2v) is 1.47. The normalized spacial score (nSPS) is 5.16. The summed E-state index contributed by atoms with van der Waals surface area (Å²) >= 11 is 0. The quantitative estimate of drug-likeness (QED) is 0.611. The molecule has 0 aliphatic rings. The number of ether oxygens (including phenoxy) is 2. The van der Waals surface area contributed by atoms with Crippen LogP contribution in [0.4, 0.5) is 0 Å². The van der Waals surface area contributed by atoms with Crippen molar-refractivity contribution in [2.24, 2.45) is 0 Å². The fourth-order valence-electron chi connectivity index (χ4n) is 0.252. The molecule has 0 aromatic carbocycles. The molecule has 6 nitrogen and oxygen atoms in total. The maximum absolute atomic E-state index is 10.2. The molecule has 0 saturated carbocycles. The van der Waals surface area contributed by atoms with Gasteiger partial charge in [0.2, 0.25) is 6.79 Å². The maximum Gasteiger partial charge on any atom is 0.334 e. The number of carbonyl (C=O) groups excluding carboxylic acids is 2. The van der Waals surface area contributed by atoms with Gasteiger partial charge in [0.25, 0.3) is 0 Å². The molecule has 0 aliphatic heterocycles. The first-order valence-electron chi connectivity index (χ1n) is 2.73. The van der Waals surface area contributed by atoms with E-state index in [1.165, 1.54) is 0 Å². The molecular weight excluding hydrogens is 252 g/mol. The number of hydrogen-bond donors (Lipinski definition) is 2. The van der Waals surface area contributed by atoms with Crippen LogP contribution in [0, 0.1) is 0 Å². The zero-order valence-electron chi connectivity index (χ0n) is 5.65. The van der Waals surface area contributed by atoms with E-state index < -0.39 is 31.9 Å². The Bertz CT molecular complexity index is 132. The van der Waals surface area contributed by atoms with Gasteiger partial charge >= 0.3 is 11.9 Å². The summed E-state index contributed by atoms with van der Waals surface area (Å²) in [7, 11) is 0. The monoisotopic (exact) mass is 292 g/mol. The third kappa shape index (κ3) is 47.4. The minimum Gasteiger partial charge on any atom is -0.426 e. The first-order valence-corrected chi connectivity index (χ1v) is 2.73. The van der Waals surface area contributed by atoms with Crippen molar-refractivity contribution in [2.75, 3.05) is 20.0 Å². The van der Waals surface area contributed by atoms with Gasteiger partial charge in [-0.05, 0) is 0 Å². The van der Waals surface area contributed by atoms with Crippen LogP contribution < -0.4 is 0 Å².